The first-order valence-corrected chi connectivity index (χ1v) is 10.0. The first-order chi connectivity index (χ1) is 12.4. The van der Waals surface area contributed by atoms with E-state index in [2.05, 4.69) is 51.2 Å². The minimum Gasteiger partial charge on any atom is -0.495 e. The van der Waals surface area contributed by atoms with Gasteiger partial charge in [-0.3, -0.25) is 10.1 Å². The molecular weight excluding hydrogens is 504 g/mol. The Bertz CT molecular complexity index is 1020. The molecule has 0 aliphatic carbocycles. The number of halogens is 2. The Morgan fingerprint density at radius 1 is 1.27 bits per heavy atom. The molecule has 0 saturated carbocycles. The fraction of sp³-hybridized carbons (Fsp3) is 0.125. The molecule has 2 N–H and O–H groups in total. The van der Waals surface area contributed by atoms with Gasteiger partial charge in [0.2, 0.25) is 0 Å². The Kier molecular flexibility index (Phi) is 5.86. The number of carbonyl (C=O) groups is 1. The monoisotopic (exact) mass is 514 g/mol. The van der Waals surface area contributed by atoms with Gasteiger partial charge in [0.1, 0.15) is 16.8 Å². The van der Waals surface area contributed by atoms with Gasteiger partial charge in [0.15, 0.2) is 5.11 Å². The van der Waals surface area contributed by atoms with E-state index in [-0.39, 0.29) is 11.0 Å². The number of rotatable bonds is 3. The van der Waals surface area contributed by atoms with E-state index in [4.69, 9.17) is 17.0 Å². The molecule has 0 radical (unpaired) electrons. The first kappa shape index (κ1) is 19.2. The van der Waals surface area contributed by atoms with Gasteiger partial charge in [-0.2, -0.15) is 8.75 Å². The fourth-order valence-electron chi connectivity index (χ4n) is 2.36. The predicted molar refractivity (Wildman–Crippen MR) is 114 cm³/mol. The van der Waals surface area contributed by atoms with E-state index in [1.54, 1.807) is 12.1 Å². The van der Waals surface area contributed by atoms with Gasteiger partial charge in [0.25, 0.3) is 5.91 Å². The molecule has 0 spiro atoms. The van der Waals surface area contributed by atoms with Crippen LogP contribution in [-0.4, -0.2) is 26.9 Å². The smallest absolute Gasteiger partial charge is 0.261 e. The highest BCUT2D eigenvalue weighted by Crippen LogP contribution is 2.32. The van der Waals surface area contributed by atoms with Crippen molar-refractivity contribution in [1.82, 2.24) is 14.1 Å². The van der Waals surface area contributed by atoms with Crippen LogP contribution < -0.4 is 15.4 Å². The van der Waals surface area contributed by atoms with Crippen LogP contribution in [0.1, 0.15) is 15.9 Å². The highest BCUT2D eigenvalue weighted by molar-refractivity contribution is 9.11. The van der Waals surface area contributed by atoms with Crippen molar-refractivity contribution in [1.29, 1.82) is 0 Å². The normalized spacial score (nSPS) is 10.6. The zero-order valence-electron chi connectivity index (χ0n) is 13.6. The lowest BCUT2D eigenvalue weighted by Crippen LogP contribution is -2.34. The van der Waals surface area contributed by atoms with E-state index < -0.39 is 0 Å². The number of aromatic nitrogens is 2. The molecule has 1 amide bonds. The maximum absolute atomic E-state index is 12.6. The molecule has 0 saturated heterocycles. The van der Waals surface area contributed by atoms with Gasteiger partial charge < -0.3 is 10.1 Å². The molecule has 0 aliphatic heterocycles. The van der Waals surface area contributed by atoms with Crippen molar-refractivity contribution in [3.05, 3.63) is 44.3 Å². The van der Waals surface area contributed by atoms with E-state index in [1.807, 2.05) is 19.1 Å². The van der Waals surface area contributed by atoms with Gasteiger partial charge >= 0.3 is 0 Å². The number of methoxy groups -OCH3 is 1. The van der Waals surface area contributed by atoms with Gasteiger partial charge in [-0.1, -0.05) is 22.0 Å². The molecule has 0 aliphatic rings. The SMILES string of the molecule is COc1c(Br)cc(Br)cc1C(=O)NC(=S)Nc1c(C)ccc2nsnc12. The van der Waals surface area contributed by atoms with Crippen LogP contribution in [0.2, 0.25) is 0 Å². The number of aryl methyl sites for hydroxylation is 1. The predicted octanol–water partition coefficient (Wildman–Crippen LogP) is 4.66. The number of ether oxygens (including phenoxy) is 1. The Labute approximate surface area is 175 Å². The molecule has 1 heterocycles. The molecule has 6 nitrogen and oxygen atoms in total. The first-order valence-electron chi connectivity index (χ1n) is 7.28. The summed E-state index contributed by atoms with van der Waals surface area (Å²) in [4.78, 5) is 12.6. The number of nitrogens with zero attached hydrogens (tertiary/aromatic N) is 2. The van der Waals surface area contributed by atoms with Crippen LogP contribution in [0.5, 0.6) is 5.75 Å². The second-order valence-corrected chi connectivity index (χ2v) is 7.97. The largest absolute Gasteiger partial charge is 0.495 e. The number of hydrogen-bond acceptors (Lipinski definition) is 6. The van der Waals surface area contributed by atoms with E-state index in [9.17, 15) is 4.79 Å². The molecule has 0 bridgehead atoms. The molecular formula is C16H12Br2N4O2S2. The van der Waals surface area contributed by atoms with Gasteiger partial charge in [-0.25, -0.2) is 0 Å². The van der Waals surface area contributed by atoms with Crippen molar-refractivity contribution < 1.29 is 9.53 Å². The van der Waals surface area contributed by atoms with Crippen molar-refractivity contribution >= 4 is 83.5 Å². The highest BCUT2D eigenvalue weighted by Gasteiger charge is 2.18. The van der Waals surface area contributed by atoms with Crippen molar-refractivity contribution in [2.75, 3.05) is 12.4 Å². The number of amides is 1. The summed E-state index contributed by atoms with van der Waals surface area (Å²) in [6.45, 7) is 1.93. The summed E-state index contributed by atoms with van der Waals surface area (Å²) in [6, 6.07) is 7.28. The van der Waals surface area contributed by atoms with Crippen molar-refractivity contribution in [3.8, 4) is 5.75 Å². The fourth-order valence-corrected chi connectivity index (χ4v) is 4.49. The number of hydrogen-bond donors (Lipinski definition) is 2. The maximum atomic E-state index is 12.6. The van der Waals surface area contributed by atoms with Gasteiger partial charge in [-0.05, 0) is 58.8 Å². The zero-order chi connectivity index (χ0) is 18.8. The van der Waals surface area contributed by atoms with Crippen molar-refractivity contribution in [2.24, 2.45) is 0 Å². The van der Waals surface area contributed by atoms with E-state index in [0.29, 0.717) is 15.8 Å². The van der Waals surface area contributed by atoms with E-state index in [0.717, 1.165) is 38.5 Å². The molecule has 3 aromatic rings. The number of benzene rings is 2. The Hall–Kier alpha value is -1.62. The number of carbonyl (C=O) groups excluding carboxylic acids is 1. The van der Waals surface area contributed by atoms with Crippen LogP contribution in [0.15, 0.2) is 33.2 Å². The minimum absolute atomic E-state index is 0.164. The third-order valence-corrected chi connectivity index (χ3v) is 5.35. The van der Waals surface area contributed by atoms with Gasteiger partial charge in [0.05, 0.1) is 34.6 Å². The third-order valence-electron chi connectivity index (χ3n) is 3.56. The molecule has 0 fully saturated rings. The quantitative estimate of drug-likeness (QED) is 0.494. The third kappa shape index (κ3) is 3.88. The molecule has 0 unspecified atom stereocenters. The molecule has 0 atom stereocenters. The summed E-state index contributed by atoms with van der Waals surface area (Å²) in [6.07, 6.45) is 0. The summed E-state index contributed by atoms with van der Waals surface area (Å²) in [5, 5.41) is 5.88. The standard InChI is InChI=1S/C16H12Br2N4O2S2/c1-7-3-4-11-13(22-26-21-11)12(7)19-16(25)20-15(23)9-5-8(17)6-10(18)14(9)24-2/h3-6H,1-2H3,(H2,19,20,23,25). The maximum Gasteiger partial charge on any atom is 0.261 e. The van der Waals surface area contributed by atoms with Crippen molar-refractivity contribution in [3.63, 3.8) is 0 Å². The second-order valence-electron chi connectivity index (χ2n) is 5.27. The van der Waals surface area contributed by atoms with Crippen LogP contribution in [0.25, 0.3) is 11.0 Å². The molecule has 10 heteroatoms. The van der Waals surface area contributed by atoms with Crippen molar-refractivity contribution in [2.45, 2.75) is 6.92 Å². The lowest BCUT2D eigenvalue weighted by atomic mass is 10.1. The Morgan fingerprint density at radius 3 is 2.77 bits per heavy atom. The minimum atomic E-state index is -0.386. The molecule has 1 aromatic heterocycles. The molecule has 26 heavy (non-hydrogen) atoms. The number of thiocarbonyl (C=S) groups is 1. The summed E-state index contributed by atoms with van der Waals surface area (Å²) < 4.78 is 15.2. The van der Waals surface area contributed by atoms with Crippen LogP contribution in [0.4, 0.5) is 5.69 Å². The molecule has 3 rings (SSSR count). The topological polar surface area (TPSA) is 76.1 Å². The summed E-state index contributed by atoms with van der Waals surface area (Å²) in [7, 11) is 1.50. The average molecular weight is 516 g/mol. The molecule has 2 aromatic carbocycles. The second kappa shape index (κ2) is 7.95. The Morgan fingerprint density at radius 2 is 2.04 bits per heavy atom. The van der Waals surface area contributed by atoms with Crippen LogP contribution >= 0.6 is 55.8 Å². The Balaban J connectivity index is 1.83. The number of fused-ring (bicyclic) bond motifs is 1. The highest BCUT2D eigenvalue weighted by atomic mass is 79.9. The van der Waals surface area contributed by atoms with Crippen LogP contribution in [-0.2, 0) is 0 Å². The number of nitrogens with one attached hydrogen (secondary N) is 2. The van der Waals surface area contributed by atoms with Gasteiger partial charge in [0, 0.05) is 4.47 Å². The zero-order valence-corrected chi connectivity index (χ0v) is 18.4. The summed E-state index contributed by atoms with van der Waals surface area (Å²) >= 11 is 13.2. The lowest BCUT2D eigenvalue weighted by molar-refractivity contribution is 0.0974. The van der Waals surface area contributed by atoms with Crippen LogP contribution in [0, 0.1) is 6.92 Å². The lowest BCUT2D eigenvalue weighted by Gasteiger charge is -2.14. The van der Waals surface area contributed by atoms with Gasteiger partial charge in [-0.15, -0.1) is 0 Å². The average Bonchev–Trinajstić information content (AvgIpc) is 3.05. The number of anilines is 1. The van der Waals surface area contributed by atoms with E-state index in [1.165, 1.54) is 7.11 Å². The van der Waals surface area contributed by atoms with Crippen LogP contribution in [0.3, 0.4) is 0 Å². The van der Waals surface area contributed by atoms with E-state index >= 15 is 0 Å². The summed E-state index contributed by atoms with van der Waals surface area (Å²) in [5.41, 5.74) is 3.51. The summed E-state index contributed by atoms with van der Waals surface area (Å²) in [5.74, 6) is 0.0399. The molecule has 134 valence electrons.